The van der Waals surface area contributed by atoms with Gasteiger partial charge in [-0.25, -0.2) is 4.39 Å². The Hall–Kier alpha value is -2.03. The third kappa shape index (κ3) is 2.41. The molecule has 0 aromatic heterocycles. The van der Waals surface area contributed by atoms with E-state index in [4.69, 9.17) is 10.5 Å². The fourth-order valence-corrected chi connectivity index (χ4v) is 2.23. The zero-order valence-electron chi connectivity index (χ0n) is 10.8. The highest BCUT2D eigenvalue weighted by Gasteiger charge is 2.26. The molecule has 2 N–H and O–H groups in total. The van der Waals surface area contributed by atoms with E-state index in [9.17, 15) is 4.39 Å². The lowest BCUT2D eigenvalue weighted by Crippen LogP contribution is -1.97. The molecule has 0 spiro atoms. The van der Waals surface area contributed by atoms with Crippen LogP contribution in [0.25, 0.3) is 0 Å². The maximum atomic E-state index is 13.6. The van der Waals surface area contributed by atoms with Gasteiger partial charge in [0.05, 0.1) is 0 Å². The Bertz CT molecular complexity index is 620. The van der Waals surface area contributed by atoms with Crippen molar-refractivity contribution in [2.75, 3.05) is 5.73 Å². The smallest absolute Gasteiger partial charge is 0.165 e. The molecule has 3 heteroatoms. The zero-order chi connectivity index (χ0) is 13.4. The first-order valence-corrected chi connectivity index (χ1v) is 6.47. The number of halogens is 1. The van der Waals surface area contributed by atoms with Crippen molar-refractivity contribution < 1.29 is 9.13 Å². The van der Waals surface area contributed by atoms with E-state index in [1.807, 2.05) is 19.1 Å². The lowest BCUT2D eigenvalue weighted by molar-refractivity contribution is 0.439. The Kier molecular flexibility index (Phi) is 2.90. The molecule has 0 radical (unpaired) electrons. The molecule has 19 heavy (non-hydrogen) atoms. The van der Waals surface area contributed by atoms with Crippen molar-refractivity contribution in [3.05, 3.63) is 53.3 Å². The van der Waals surface area contributed by atoms with E-state index < -0.39 is 0 Å². The van der Waals surface area contributed by atoms with Gasteiger partial charge in [0.2, 0.25) is 0 Å². The van der Waals surface area contributed by atoms with Crippen molar-refractivity contribution in [2.24, 2.45) is 0 Å². The van der Waals surface area contributed by atoms with Crippen LogP contribution in [0.15, 0.2) is 36.4 Å². The Morgan fingerprint density at radius 1 is 1.16 bits per heavy atom. The predicted molar refractivity (Wildman–Crippen MR) is 74.0 cm³/mol. The summed E-state index contributed by atoms with van der Waals surface area (Å²) in [6, 6.07) is 10.3. The number of nitrogens with two attached hydrogens (primary N) is 1. The highest BCUT2D eigenvalue weighted by molar-refractivity contribution is 5.57. The Morgan fingerprint density at radius 3 is 2.58 bits per heavy atom. The molecule has 1 aliphatic rings. The zero-order valence-corrected chi connectivity index (χ0v) is 10.8. The highest BCUT2D eigenvalue weighted by Crippen LogP contribution is 2.45. The number of para-hydroxylation sites is 1. The summed E-state index contributed by atoms with van der Waals surface area (Å²) in [7, 11) is 0. The Balaban J connectivity index is 1.96. The largest absolute Gasteiger partial charge is 0.454 e. The summed E-state index contributed by atoms with van der Waals surface area (Å²) in [5.41, 5.74) is 8.87. The second-order valence-corrected chi connectivity index (χ2v) is 5.05. The Labute approximate surface area is 112 Å². The average molecular weight is 257 g/mol. The second-order valence-electron chi connectivity index (χ2n) is 5.05. The maximum absolute atomic E-state index is 13.6. The van der Waals surface area contributed by atoms with Crippen LogP contribution in [-0.2, 0) is 0 Å². The molecule has 2 aromatic carbocycles. The first-order valence-electron chi connectivity index (χ1n) is 6.47. The summed E-state index contributed by atoms with van der Waals surface area (Å²) < 4.78 is 19.3. The first kappa shape index (κ1) is 12.0. The quantitative estimate of drug-likeness (QED) is 0.828. The minimum absolute atomic E-state index is 0.247. The molecule has 1 aliphatic carbocycles. The lowest BCUT2D eigenvalue weighted by atomic mass is 10.0. The highest BCUT2D eigenvalue weighted by atomic mass is 19.1. The molecular formula is C16H16FNO. The fraction of sp³-hybridized carbons (Fsp3) is 0.250. The molecule has 1 saturated carbocycles. The van der Waals surface area contributed by atoms with Crippen LogP contribution in [0.1, 0.15) is 29.9 Å². The standard InChI is InChI=1S/C16H16FNO/c1-10-8-14(18)12(11-6-7-11)9-16(10)19-15-5-3-2-4-13(15)17/h2-5,8-9,11H,6-7,18H2,1H3. The third-order valence-electron chi connectivity index (χ3n) is 3.45. The second kappa shape index (κ2) is 4.57. The van der Waals surface area contributed by atoms with Crippen molar-refractivity contribution in [3.8, 4) is 11.5 Å². The van der Waals surface area contributed by atoms with E-state index in [1.54, 1.807) is 18.2 Å². The molecule has 3 rings (SSSR count). The topological polar surface area (TPSA) is 35.2 Å². The van der Waals surface area contributed by atoms with Gasteiger partial charge in [-0.15, -0.1) is 0 Å². The number of aryl methyl sites for hydroxylation is 1. The number of anilines is 1. The summed E-state index contributed by atoms with van der Waals surface area (Å²) in [6.45, 7) is 1.92. The molecule has 0 amide bonds. The van der Waals surface area contributed by atoms with E-state index in [0.717, 1.165) is 16.8 Å². The minimum Gasteiger partial charge on any atom is -0.454 e. The normalized spacial score (nSPS) is 14.4. The summed E-state index contributed by atoms with van der Waals surface area (Å²) in [5, 5.41) is 0. The van der Waals surface area contributed by atoms with E-state index in [1.165, 1.54) is 18.9 Å². The predicted octanol–water partition coefficient (Wildman–Crippen LogP) is 4.39. The van der Waals surface area contributed by atoms with E-state index >= 15 is 0 Å². The number of ether oxygens (including phenoxy) is 1. The summed E-state index contributed by atoms with van der Waals surface area (Å²) in [5.74, 6) is 1.12. The van der Waals surface area contributed by atoms with Crippen LogP contribution in [0.2, 0.25) is 0 Å². The van der Waals surface area contributed by atoms with Crippen LogP contribution in [-0.4, -0.2) is 0 Å². The maximum Gasteiger partial charge on any atom is 0.165 e. The van der Waals surface area contributed by atoms with Gasteiger partial charge in [-0.05, 0) is 61.1 Å². The summed E-state index contributed by atoms with van der Waals surface area (Å²) in [4.78, 5) is 0. The van der Waals surface area contributed by atoms with Gasteiger partial charge in [-0.3, -0.25) is 0 Å². The number of hydrogen-bond acceptors (Lipinski definition) is 2. The van der Waals surface area contributed by atoms with Gasteiger partial charge >= 0.3 is 0 Å². The van der Waals surface area contributed by atoms with Crippen molar-refractivity contribution >= 4 is 5.69 Å². The molecule has 2 nitrogen and oxygen atoms in total. The first-order chi connectivity index (χ1) is 9.15. The van der Waals surface area contributed by atoms with Crippen LogP contribution in [0.5, 0.6) is 11.5 Å². The fourth-order valence-electron chi connectivity index (χ4n) is 2.23. The summed E-state index contributed by atoms with van der Waals surface area (Å²) in [6.07, 6.45) is 2.35. The van der Waals surface area contributed by atoms with Gasteiger partial charge in [0, 0.05) is 5.69 Å². The van der Waals surface area contributed by atoms with Gasteiger partial charge < -0.3 is 10.5 Å². The minimum atomic E-state index is -0.355. The molecule has 2 aromatic rings. The summed E-state index contributed by atoms with van der Waals surface area (Å²) >= 11 is 0. The molecule has 0 unspecified atom stereocenters. The molecule has 0 aliphatic heterocycles. The molecule has 0 bridgehead atoms. The Morgan fingerprint density at radius 2 is 1.89 bits per heavy atom. The monoisotopic (exact) mass is 257 g/mol. The number of benzene rings is 2. The molecule has 0 heterocycles. The van der Waals surface area contributed by atoms with Gasteiger partial charge in [0.25, 0.3) is 0 Å². The van der Waals surface area contributed by atoms with Crippen LogP contribution in [0.4, 0.5) is 10.1 Å². The SMILES string of the molecule is Cc1cc(N)c(C2CC2)cc1Oc1ccccc1F. The molecule has 0 saturated heterocycles. The van der Waals surface area contributed by atoms with Crippen LogP contribution in [0, 0.1) is 12.7 Å². The van der Waals surface area contributed by atoms with Gasteiger partial charge in [0.1, 0.15) is 5.75 Å². The van der Waals surface area contributed by atoms with E-state index in [-0.39, 0.29) is 11.6 Å². The number of hydrogen-bond donors (Lipinski definition) is 1. The van der Waals surface area contributed by atoms with Crippen LogP contribution in [0.3, 0.4) is 0 Å². The van der Waals surface area contributed by atoms with Crippen molar-refractivity contribution in [3.63, 3.8) is 0 Å². The lowest BCUT2D eigenvalue weighted by Gasteiger charge is -2.13. The molecule has 1 fully saturated rings. The third-order valence-corrected chi connectivity index (χ3v) is 3.45. The van der Waals surface area contributed by atoms with Crippen molar-refractivity contribution in [2.45, 2.75) is 25.7 Å². The van der Waals surface area contributed by atoms with Gasteiger partial charge in [-0.1, -0.05) is 12.1 Å². The molecule has 0 atom stereocenters. The van der Waals surface area contributed by atoms with Crippen LogP contribution >= 0.6 is 0 Å². The van der Waals surface area contributed by atoms with Crippen LogP contribution < -0.4 is 10.5 Å². The van der Waals surface area contributed by atoms with E-state index in [2.05, 4.69) is 0 Å². The average Bonchev–Trinajstić information content (AvgIpc) is 3.19. The van der Waals surface area contributed by atoms with Crippen molar-refractivity contribution in [1.82, 2.24) is 0 Å². The molecular weight excluding hydrogens is 241 g/mol. The molecule has 98 valence electrons. The van der Waals surface area contributed by atoms with E-state index in [0.29, 0.717) is 11.7 Å². The number of nitrogen functional groups attached to an aromatic ring is 1. The van der Waals surface area contributed by atoms with Gasteiger partial charge in [-0.2, -0.15) is 0 Å². The number of rotatable bonds is 3. The van der Waals surface area contributed by atoms with Crippen molar-refractivity contribution in [1.29, 1.82) is 0 Å². The van der Waals surface area contributed by atoms with Gasteiger partial charge in [0.15, 0.2) is 11.6 Å².